The van der Waals surface area contributed by atoms with E-state index in [4.69, 9.17) is 19.7 Å². The van der Waals surface area contributed by atoms with Crippen molar-refractivity contribution in [3.63, 3.8) is 0 Å². The number of aliphatic hydroxyl groups excluding tert-OH is 1. The number of carbonyl (C=O) groups is 4. The molecular weight excluding hydrogens is 484 g/mol. The van der Waals surface area contributed by atoms with Crippen LogP contribution >= 0.6 is 0 Å². The zero-order valence-corrected chi connectivity index (χ0v) is 22.5. The second kappa shape index (κ2) is 21.8. The van der Waals surface area contributed by atoms with E-state index in [2.05, 4.69) is 6.92 Å². The molecule has 0 aromatic heterocycles. The molecule has 0 aliphatic rings. The van der Waals surface area contributed by atoms with Crippen molar-refractivity contribution in [2.24, 2.45) is 0 Å². The van der Waals surface area contributed by atoms with Crippen molar-refractivity contribution in [3.05, 3.63) is 0 Å². The zero-order valence-electron chi connectivity index (χ0n) is 22.5. The first-order chi connectivity index (χ1) is 17.6. The molecule has 0 rings (SSSR count). The summed E-state index contributed by atoms with van der Waals surface area (Å²) in [5.74, 6) is -5.23. The smallest absolute Gasteiger partial charge is 0.336 e. The van der Waals surface area contributed by atoms with E-state index >= 15 is 0 Å². The van der Waals surface area contributed by atoms with Gasteiger partial charge < -0.3 is 29.9 Å². The fourth-order valence-electron chi connectivity index (χ4n) is 3.95. The Morgan fingerprint density at radius 1 is 0.703 bits per heavy atom. The quantitative estimate of drug-likeness (QED) is 0.0978. The molecule has 0 saturated heterocycles. The van der Waals surface area contributed by atoms with E-state index in [1.54, 1.807) is 0 Å². The number of esters is 2. The van der Waals surface area contributed by atoms with E-state index in [-0.39, 0.29) is 6.42 Å². The molecule has 216 valence electrons. The van der Waals surface area contributed by atoms with E-state index in [1.165, 1.54) is 70.6 Å². The molecule has 37 heavy (non-hydrogen) atoms. The predicted octanol–water partition coefficient (Wildman–Crippen LogP) is 4.38. The molecule has 0 saturated carbocycles. The lowest BCUT2D eigenvalue weighted by Crippen LogP contribution is -2.44. The van der Waals surface area contributed by atoms with Crippen LogP contribution in [0.4, 0.5) is 0 Å². The van der Waals surface area contributed by atoms with Crippen molar-refractivity contribution in [1.82, 2.24) is 0 Å². The first kappa shape index (κ1) is 34.8. The summed E-state index contributed by atoms with van der Waals surface area (Å²) in [6, 6.07) is 0. The van der Waals surface area contributed by atoms with E-state index in [0.717, 1.165) is 19.3 Å². The fourth-order valence-corrected chi connectivity index (χ4v) is 3.95. The summed E-state index contributed by atoms with van der Waals surface area (Å²) in [5.41, 5.74) is -2.84. The van der Waals surface area contributed by atoms with E-state index in [1.807, 2.05) is 0 Å². The number of hydrogen-bond donors (Lipinski definition) is 4. The maximum absolute atomic E-state index is 11.9. The van der Waals surface area contributed by atoms with Crippen LogP contribution < -0.4 is 0 Å². The Hall–Kier alpha value is -2.20. The standard InChI is InChI=1S/C27H48O10/c1-2-3-4-5-6-7-8-9-10-11-12-13-14-15-16-17-24(31)36-21-22(20-28)37-25(32)19-27(35,26(33)34)18-23(29)30/h22,28,35H,2-21H2,1H3,(H,29,30)(H,33,34). The highest BCUT2D eigenvalue weighted by Crippen LogP contribution is 2.18. The molecule has 0 radical (unpaired) electrons. The van der Waals surface area contributed by atoms with Crippen molar-refractivity contribution in [1.29, 1.82) is 0 Å². The molecule has 2 unspecified atom stereocenters. The molecule has 0 aromatic rings. The molecule has 0 amide bonds. The Bertz CT molecular complexity index is 651. The van der Waals surface area contributed by atoms with Crippen LogP contribution in [0.2, 0.25) is 0 Å². The minimum absolute atomic E-state index is 0.196. The van der Waals surface area contributed by atoms with E-state index in [0.29, 0.717) is 6.42 Å². The van der Waals surface area contributed by atoms with Gasteiger partial charge in [-0.1, -0.05) is 96.8 Å². The van der Waals surface area contributed by atoms with Gasteiger partial charge in [-0.25, -0.2) is 4.79 Å². The Kier molecular flexibility index (Phi) is 20.5. The number of carboxylic acids is 2. The number of aliphatic carboxylic acids is 2. The predicted molar refractivity (Wildman–Crippen MR) is 137 cm³/mol. The molecule has 0 bridgehead atoms. The van der Waals surface area contributed by atoms with Gasteiger partial charge in [0.15, 0.2) is 11.7 Å². The monoisotopic (exact) mass is 532 g/mol. The molecule has 0 aliphatic heterocycles. The van der Waals surface area contributed by atoms with Crippen molar-refractivity contribution in [2.75, 3.05) is 13.2 Å². The number of aliphatic hydroxyl groups is 2. The normalized spacial score (nSPS) is 13.5. The van der Waals surface area contributed by atoms with Crippen LogP contribution in [0, 0.1) is 0 Å². The third kappa shape index (κ3) is 19.6. The number of carbonyl (C=O) groups excluding carboxylic acids is 2. The average Bonchev–Trinajstić information content (AvgIpc) is 2.83. The molecule has 0 aliphatic carbocycles. The van der Waals surface area contributed by atoms with Gasteiger partial charge in [-0.2, -0.15) is 0 Å². The van der Waals surface area contributed by atoms with Gasteiger partial charge in [0, 0.05) is 6.42 Å². The lowest BCUT2D eigenvalue weighted by Gasteiger charge is -2.22. The molecule has 10 heteroatoms. The second-order valence-corrected chi connectivity index (χ2v) is 9.76. The van der Waals surface area contributed by atoms with Crippen LogP contribution in [0.25, 0.3) is 0 Å². The van der Waals surface area contributed by atoms with Crippen LogP contribution in [0.3, 0.4) is 0 Å². The summed E-state index contributed by atoms with van der Waals surface area (Å²) in [4.78, 5) is 45.6. The molecule has 0 heterocycles. The molecule has 2 atom stereocenters. The third-order valence-electron chi connectivity index (χ3n) is 6.19. The van der Waals surface area contributed by atoms with Gasteiger partial charge in [0.1, 0.15) is 6.61 Å². The minimum atomic E-state index is -2.84. The second-order valence-electron chi connectivity index (χ2n) is 9.76. The molecular formula is C27H48O10. The molecule has 0 aromatic carbocycles. The van der Waals surface area contributed by atoms with Crippen molar-refractivity contribution >= 4 is 23.9 Å². The fraction of sp³-hybridized carbons (Fsp3) is 0.852. The van der Waals surface area contributed by atoms with E-state index < -0.39 is 61.6 Å². The van der Waals surface area contributed by atoms with Crippen LogP contribution in [0.5, 0.6) is 0 Å². The van der Waals surface area contributed by atoms with Crippen molar-refractivity contribution < 1.29 is 49.1 Å². The summed E-state index contributed by atoms with van der Waals surface area (Å²) in [6.45, 7) is 1.12. The largest absolute Gasteiger partial charge is 0.481 e. The van der Waals surface area contributed by atoms with E-state index in [9.17, 15) is 29.4 Å². The molecule has 10 nitrogen and oxygen atoms in total. The summed E-state index contributed by atoms with van der Waals surface area (Å²) in [7, 11) is 0. The Morgan fingerprint density at radius 2 is 1.16 bits per heavy atom. The lowest BCUT2D eigenvalue weighted by molar-refractivity contribution is -0.176. The molecule has 0 spiro atoms. The van der Waals surface area contributed by atoms with Gasteiger partial charge in [-0.15, -0.1) is 0 Å². The lowest BCUT2D eigenvalue weighted by atomic mass is 9.96. The maximum atomic E-state index is 11.9. The number of unbranched alkanes of at least 4 members (excludes halogenated alkanes) is 14. The highest BCUT2D eigenvalue weighted by atomic mass is 16.6. The van der Waals surface area contributed by atoms with Crippen molar-refractivity contribution in [2.45, 2.75) is 134 Å². The summed E-state index contributed by atoms with van der Waals surface area (Å²) in [5, 5.41) is 36.9. The topological polar surface area (TPSA) is 168 Å². The van der Waals surface area contributed by atoms with Crippen LogP contribution in [-0.2, 0) is 28.7 Å². The van der Waals surface area contributed by atoms with Gasteiger partial charge in [0.05, 0.1) is 19.4 Å². The summed E-state index contributed by atoms with van der Waals surface area (Å²) in [6.07, 6.45) is 14.8. The molecule has 0 fully saturated rings. The van der Waals surface area contributed by atoms with Gasteiger partial charge >= 0.3 is 23.9 Å². The number of hydrogen-bond acceptors (Lipinski definition) is 8. The van der Waals surface area contributed by atoms with Crippen LogP contribution in [0.1, 0.15) is 122 Å². The third-order valence-corrected chi connectivity index (χ3v) is 6.19. The first-order valence-electron chi connectivity index (χ1n) is 13.8. The number of rotatable bonds is 25. The average molecular weight is 533 g/mol. The zero-order chi connectivity index (χ0) is 27.9. The van der Waals surface area contributed by atoms with Crippen LogP contribution in [0.15, 0.2) is 0 Å². The van der Waals surface area contributed by atoms with Gasteiger partial charge in [-0.05, 0) is 6.42 Å². The Balaban J connectivity index is 3.84. The summed E-state index contributed by atoms with van der Waals surface area (Å²) >= 11 is 0. The summed E-state index contributed by atoms with van der Waals surface area (Å²) < 4.78 is 9.83. The maximum Gasteiger partial charge on any atom is 0.336 e. The van der Waals surface area contributed by atoms with Crippen LogP contribution in [-0.4, -0.2) is 69.2 Å². The molecule has 4 N–H and O–H groups in total. The first-order valence-corrected chi connectivity index (χ1v) is 13.8. The van der Waals surface area contributed by atoms with Gasteiger partial charge in [-0.3, -0.25) is 14.4 Å². The Labute approximate surface area is 220 Å². The number of ether oxygens (including phenoxy) is 2. The van der Waals surface area contributed by atoms with Crippen molar-refractivity contribution in [3.8, 4) is 0 Å². The highest BCUT2D eigenvalue weighted by Gasteiger charge is 2.41. The number of carboxylic acid groups (broad SMARTS) is 2. The van der Waals surface area contributed by atoms with Gasteiger partial charge in [0.2, 0.25) is 0 Å². The SMILES string of the molecule is CCCCCCCCCCCCCCCCCC(=O)OCC(CO)OC(=O)CC(O)(CC(=O)O)C(=O)O. The Morgan fingerprint density at radius 3 is 1.57 bits per heavy atom. The highest BCUT2D eigenvalue weighted by molar-refractivity contribution is 5.88. The minimum Gasteiger partial charge on any atom is -0.481 e. The van der Waals surface area contributed by atoms with Gasteiger partial charge in [0.25, 0.3) is 0 Å².